The summed E-state index contributed by atoms with van der Waals surface area (Å²) in [5, 5.41) is 3.01. The number of carbonyl (C=O) groups excluding carboxylic acids is 1. The molecular weight excluding hydrogens is 281 g/mol. The Morgan fingerprint density at radius 1 is 1.36 bits per heavy atom. The lowest BCUT2D eigenvalue weighted by Gasteiger charge is -2.40. The summed E-state index contributed by atoms with van der Waals surface area (Å²) in [5.74, 6) is 0.539. The van der Waals surface area contributed by atoms with E-state index in [0.29, 0.717) is 13.2 Å². The van der Waals surface area contributed by atoms with Gasteiger partial charge in [-0.3, -0.25) is 4.79 Å². The third-order valence-electron chi connectivity index (χ3n) is 4.82. The highest BCUT2D eigenvalue weighted by atomic mass is 19.1. The van der Waals surface area contributed by atoms with Crippen molar-refractivity contribution in [1.82, 2.24) is 5.32 Å². The molecule has 2 aliphatic rings. The van der Waals surface area contributed by atoms with Crippen LogP contribution in [0.25, 0.3) is 0 Å². The van der Waals surface area contributed by atoms with Crippen molar-refractivity contribution in [3.8, 4) is 0 Å². The molecule has 4 heteroatoms. The van der Waals surface area contributed by atoms with Crippen LogP contribution in [-0.4, -0.2) is 25.7 Å². The molecule has 120 valence electrons. The van der Waals surface area contributed by atoms with Gasteiger partial charge in [-0.1, -0.05) is 18.6 Å². The maximum absolute atomic E-state index is 13.4. The number of hydrogen-bond donors (Lipinski definition) is 1. The van der Waals surface area contributed by atoms with Gasteiger partial charge >= 0.3 is 0 Å². The van der Waals surface area contributed by atoms with E-state index in [4.69, 9.17) is 4.74 Å². The van der Waals surface area contributed by atoms with Gasteiger partial charge in [-0.05, 0) is 55.7 Å². The molecule has 2 saturated carbocycles. The van der Waals surface area contributed by atoms with Crippen molar-refractivity contribution in [2.75, 3.05) is 19.8 Å². The van der Waals surface area contributed by atoms with Crippen LogP contribution in [0.15, 0.2) is 24.3 Å². The van der Waals surface area contributed by atoms with E-state index in [2.05, 4.69) is 5.32 Å². The minimum absolute atomic E-state index is 0.0338. The van der Waals surface area contributed by atoms with Gasteiger partial charge in [0.25, 0.3) is 0 Å². The molecule has 2 aliphatic carbocycles. The number of hydrogen-bond acceptors (Lipinski definition) is 2. The van der Waals surface area contributed by atoms with Crippen LogP contribution in [0.3, 0.4) is 0 Å². The Morgan fingerprint density at radius 3 is 2.82 bits per heavy atom. The Hall–Kier alpha value is -1.42. The first kappa shape index (κ1) is 15.5. The number of ether oxygens (including phenoxy) is 1. The first-order valence-corrected chi connectivity index (χ1v) is 8.33. The van der Waals surface area contributed by atoms with Crippen molar-refractivity contribution >= 4 is 5.91 Å². The smallest absolute Gasteiger partial charge is 0.230 e. The Bertz CT molecular complexity index is 524. The molecule has 1 N–H and O–H groups in total. The average molecular weight is 305 g/mol. The van der Waals surface area contributed by atoms with Crippen molar-refractivity contribution in [3.05, 3.63) is 35.6 Å². The summed E-state index contributed by atoms with van der Waals surface area (Å²) in [6, 6.07) is 6.47. The SMILES string of the molecule is O=C(NCCCOCC1CC1)C1(c2cccc(F)c2)CCC1. The highest BCUT2D eigenvalue weighted by Crippen LogP contribution is 2.44. The maximum atomic E-state index is 13.4. The zero-order valence-electron chi connectivity index (χ0n) is 12.9. The predicted molar refractivity (Wildman–Crippen MR) is 83.1 cm³/mol. The fourth-order valence-corrected chi connectivity index (χ4v) is 3.04. The molecule has 1 aromatic carbocycles. The molecule has 0 unspecified atom stereocenters. The van der Waals surface area contributed by atoms with Gasteiger partial charge in [0, 0.05) is 19.8 Å². The zero-order chi connectivity index (χ0) is 15.4. The normalized spacial score (nSPS) is 19.5. The second kappa shape index (κ2) is 6.78. The summed E-state index contributed by atoms with van der Waals surface area (Å²) >= 11 is 0. The molecule has 1 amide bonds. The Kier molecular flexibility index (Phi) is 4.77. The van der Waals surface area contributed by atoms with Crippen LogP contribution in [-0.2, 0) is 14.9 Å². The molecule has 0 spiro atoms. The van der Waals surface area contributed by atoms with E-state index in [9.17, 15) is 9.18 Å². The number of benzene rings is 1. The van der Waals surface area contributed by atoms with Gasteiger partial charge in [0.05, 0.1) is 5.41 Å². The van der Waals surface area contributed by atoms with E-state index < -0.39 is 5.41 Å². The Balaban J connectivity index is 1.46. The van der Waals surface area contributed by atoms with Crippen molar-refractivity contribution in [1.29, 1.82) is 0 Å². The lowest BCUT2D eigenvalue weighted by atomic mass is 9.64. The van der Waals surface area contributed by atoms with Crippen LogP contribution in [0.5, 0.6) is 0 Å². The van der Waals surface area contributed by atoms with E-state index in [-0.39, 0.29) is 11.7 Å². The second-order valence-electron chi connectivity index (χ2n) is 6.57. The summed E-state index contributed by atoms with van der Waals surface area (Å²) in [4.78, 5) is 12.5. The van der Waals surface area contributed by atoms with E-state index in [1.54, 1.807) is 6.07 Å². The molecule has 3 nitrogen and oxygen atoms in total. The fraction of sp³-hybridized carbons (Fsp3) is 0.611. The number of nitrogens with one attached hydrogen (secondary N) is 1. The van der Waals surface area contributed by atoms with Crippen LogP contribution >= 0.6 is 0 Å². The van der Waals surface area contributed by atoms with Gasteiger partial charge in [0.1, 0.15) is 5.82 Å². The summed E-state index contributed by atoms with van der Waals surface area (Å²) in [6.07, 6.45) is 6.06. The van der Waals surface area contributed by atoms with Crippen molar-refractivity contribution in [2.45, 2.75) is 43.9 Å². The van der Waals surface area contributed by atoms with E-state index in [0.717, 1.165) is 43.8 Å². The summed E-state index contributed by atoms with van der Waals surface area (Å²) in [5.41, 5.74) is 0.290. The van der Waals surface area contributed by atoms with Gasteiger partial charge in [-0.15, -0.1) is 0 Å². The number of halogens is 1. The van der Waals surface area contributed by atoms with E-state index >= 15 is 0 Å². The topological polar surface area (TPSA) is 38.3 Å². The van der Waals surface area contributed by atoms with Gasteiger partial charge < -0.3 is 10.1 Å². The monoisotopic (exact) mass is 305 g/mol. The summed E-state index contributed by atoms with van der Waals surface area (Å²) in [7, 11) is 0. The molecule has 0 heterocycles. The molecule has 2 fully saturated rings. The Labute approximate surface area is 131 Å². The first-order chi connectivity index (χ1) is 10.7. The highest BCUT2D eigenvalue weighted by molar-refractivity contribution is 5.89. The fourth-order valence-electron chi connectivity index (χ4n) is 3.04. The number of rotatable bonds is 8. The first-order valence-electron chi connectivity index (χ1n) is 8.33. The molecule has 1 aromatic rings. The Morgan fingerprint density at radius 2 is 2.18 bits per heavy atom. The van der Waals surface area contributed by atoms with Crippen LogP contribution in [0, 0.1) is 11.7 Å². The quantitative estimate of drug-likeness (QED) is 0.749. The van der Waals surface area contributed by atoms with Gasteiger partial charge in [-0.25, -0.2) is 4.39 Å². The van der Waals surface area contributed by atoms with Crippen LogP contribution in [0.1, 0.15) is 44.1 Å². The standard InChI is InChI=1S/C18H24FNO2/c19-16-5-1-4-15(12-16)18(8-2-9-18)17(21)20-10-3-11-22-13-14-6-7-14/h1,4-5,12,14H,2-3,6-11,13H2,(H,20,21). The van der Waals surface area contributed by atoms with Crippen LogP contribution < -0.4 is 5.32 Å². The molecule has 0 radical (unpaired) electrons. The molecule has 0 saturated heterocycles. The molecule has 0 atom stereocenters. The number of amides is 1. The van der Waals surface area contributed by atoms with Crippen molar-refractivity contribution in [3.63, 3.8) is 0 Å². The lowest BCUT2D eigenvalue weighted by Crippen LogP contribution is -2.49. The largest absolute Gasteiger partial charge is 0.381 e. The third-order valence-corrected chi connectivity index (χ3v) is 4.82. The molecule has 0 aromatic heterocycles. The van der Waals surface area contributed by atoms with Crippen molar-refractivity contribution < 1.29 is 13.9 Å². The third kappa shape index (κ3) is 3.49. The molecular formula is C18H24FNO2. The van der Waals surface area contributed by atoms with Crippen LogP contribution in [0.2, 0.25) is 0 Å². The van der Waals surface area contributed by atoms with Crippen LogP contribution in [0.4, 0.5) is 4.39 Å². The molecule has 22 heavy (non-hydrogen) atoms. The van der Waals surface area contributed by atoms with Crippen molar-refractivity contribution in [2.24, 2.45) is 5.92 Å². The van der Waals surface area contributed by atoms with Gasteiger partial charge in [0.15, 0.2) is 0 Å². The average Bonchev–Trinajstić information content (AvgIpc) is 3.26. The minimum Gasteiger partial charge on any atom is -0.381 e. The van der Waals surface area contributed by atoms with Gasteiger partial charge in [-0.2, -0.15) is 0 Å². The van der Waals surface area contributed by atoms with E-state index in [1.165, 1.54) is 25.0 Å². The lowest BCUT2D eigenvalue weighted by molar-refractivity contribution is -0.130. The highest BCUT2D eigenvalue weighted by Gasteiger charge is 2.45. The summed E-state index contributed by atoms with van der Waals surface area (Å²) < 4.78 is 19.0. The zero-order valence-corrected chi connectivity index (χ0v) is 12.9. The minimum atomic E-state index is -0.517. The second-order valence-corrected chi connectivity index (χ2v) is 6.57. The number of carbonyl (C=O) groups is 1. The predicted octanol–water partition coefficient (Wildman–Crippen LogP) is 3.18. The summed E-state index contributed by atoms with van der Waals surface area (Å²) in [6.45, 7) is 2.19. The van der Waals surface area contributed by atoms with Gasteiger partial charge in [0.2, 0.25) is 5.91 Å². The molecule has 0 aliphatic heterocycles. The van der Waals surface area contributed by atoms with E-state index in [1.807, 2.05) is 6.07 Å². The molecule has 0 bridgehead atoms. The maximum Gasteiger partial charge on any atom is 0.230 e. The molecule has 3 rings (SSSR count).